The van der Waals surface area contributed by atoms with Crippen LogP contribution in [0.25, 0.3) is 16.8 Å². The fourth-order valence-electron chi connectivity index (χ4n) is 5.08. The molecule has 2 amide bonds. The molecule has 3 aromatic heterocycles. The molecule has 1 saturated carbocycles. The van der Waals surface area contributed by atoms with Gasteiger partial charge >= 0.3 is 0 Å². The van der Waals surface area contributed by atoms with Crippen LogP contribution in [0.3, 0.4) is 0 Å². The average molecular weight is 478 g/mol. The van der Waals surface area contributed by atoms with E-state index in [0.717, 1.165) is 24.2 Å². The lowest BCUT2D eigenvalue weighted by molar-refractivity contribution is -0.127. The van der Waals surface area contributed by atoms with Crippen molar-refractivity contribution in [3.8, 4) is 23.1 Å². The Morgan fingerprint density at radius 1 is 1.08 bits per heavy atom. The van der Waals surface area contributed by atoms with Crippen molar-refractivity contribution in [2.24, 2.45) is 5.92 Å². The predicted octanol–water partition coefficient (Wildman–Crippen LogP) is 3.31. The normalized spacial score (nSPS) is 19.9. The summed E-state index contributed by atoms with van der Waals surface area (Å²) in [5.41, 5.74) is 8.92. The van der Waals surface area contributed by atoms with Crippen molar-refractivity contribution < 1.29 is 9.59 Å². The first-order valence-electron chi connectivity index (χ1n) is 11.8. The third-order valence-corrected chi connectivity index (χ3v) is 6.81. The molecule has 36 heavy (non-hydrogen) atoms. The van der Waals surface area contributed by atoms with Crippen LogP contribution >= 0.6 is 0 Å². The van der Waals surface area contributed by atoms with Gasteiger partial charge in [0.15, 0.2) is 0 Å². The van der Waals surface area contributed by atoms with Gasteiger partial charge in [0, 0.05) is 35.8 Å². The minimum Gasteiger partial charge on any atom is -0.382 e. The summed E-state index contributed by atoms with van der Waals surface area (Å²) >= 11 is 0. The van der Waals surface area contributed by atoms with E-state index in [-0.39, 0.29) is 23.9 Å². The van der Waals surface area contributed by atoms with Crippen LogP contribution in [-0.2, 0) is 4.79 Å². The molecule has 9 nitrogen and oxygen atoms in total. The molecule has 3 atom stereocenters. The second kappa shape index (κ2) is 8.50. The maximum Gasteiger partial charge on any atom is 0.299 e. The maximum absolute atomic E-state index is 12.8. The molecule has 1 saturated heterocycles. The van der Waals surface area contributed by atoms with Crippen LogP contribution in [0.5, 0.6) is 0 Å². The lowest BCUT2D eigenvalue weighted by Crippen LogP contribution is -2.33. The number of pyridine rings is 1. The Morgan fingerprint density at radius 3 is 2.67 bits per heavy atom. The molecule has 3 N–H and O–H groups in total. The van der Waals surface area contributed by atoms with Crippen molar-refractivity contribution >= 4 is 29.0 Å². The summed E-state index contributed by atoms with van der Waals surface area (Å²) in [7, 11) is 0. The zero-order chi connectivity index (χ0) is 24.8. The number of amides is 2. The van der Waals surface area contributed by atoms with Gasteiger partial charge in [-0.15, -0.1) is 0 Å². The van der Waals surface area contributed by atoms with Gasteiger partial charge in [0.05, 0.1) is 6.04 Å². The fraction of sp³-hybridized carbons (Fsp3) is 0.222. The van der Waals surface area contributed by atoms with Crippen LogP contribution in [-0.4, -0.2) is 42.1 Å². The number of nitrogen functional groups attached to an aromatic ring is 1. The van der Waals surface area contributed by atoms with Crippen molar-refractivity contribution in [1.29, 1.82) is 0 Å². The number of benzene rings is 1. The SMILES string of the molecule is CC#CC(=O)N1C2CC2C[C@H]1c1nc(-c2ccc(C(=O)Nc3ccccn3)cc2)c2c(N)nccn12. The van der Waals surface area contributed by atoms with Crippen molar-refractivity contribution in [3.05, 3.63) is 72.4 Å². The Morgan fingerprint density at radius 2 is 1.92 bits per heavy atom. The van der Waals surface area contributed by atoms with Crippen LogP contribution in [0.15, 0.2) is 61.1 Å². The standard InChI is InChI=1S/C27H23N7O2/c1-2-5-22(35)34-19-14-18(19)15-20(34)26-32-23(24-25(28)30-12-13-33(24)26)16-7-9-17(10-8-16)27(36)31-21-6-3-4-11-29-21/h3-4,6-13,18-20H,14-15H2,1H3,(H2,28,30)(H,29,31,36)/t18?,19?,20-/m0/s1. The van der Waals surface area contributed by atoms with E-state index in [2.05, 4.69) is 27.1 Å². The van der Waals surface area contributed by atoms with E-state index >= 15 is 0 Å². The molecular weight excluding hydrogens is 454 g/mol. The molecule has 6 rings (SSSR count). The van der Waals surface area contributed by atoms with Gasteiger partial charge in [-0.3, -0.25) is 14.0 Å². The third kappa shape index (κ3) is 3.64. The first-order chi connectivity index (χ1) is 17.5. The summed E-state index contributed by atoms with van der Waals surface area (Å²) in [5.74, 6) is 7.04. The lowest BCUT2D eigenvalue weighted by Gasteiger charge is -2.24. The van der Waals surface area contributed by atoms with Gasteiger partial charge in [-0.1, -0.05) is 24.1 Å². The van der Waals surface area contributed by atoms with E-state index < -0.39 is 0 Å². The number of anilines is 2. The van der Waals surface area contributed by atoms with Crippen LogP contribution in [0.1, 0.15) is 42.0 Å². The minimum absolute atomic E-state index is 0.170. The van der Waals surface area contributed by atoms with Gasteiger partial charge in [0.1, 0.15) is 28.7 Å². The maximum atomic E-state index is 12.8. The van der Waals surface area contributed by atoms with Gasteiger partial charge in [-0.25, -0.2) is 15.0 Å². The number of likely N-dealkylation sites (tertiary alicyclic amines) is 1. The summed E-state index contributed by atoms with van der Waals surface area (Å²) in [6.45, 7) is 1.67. The Bertz CT molecular complexity index is 1550. The number of aromatic nitrogens is 4. The van der Waals surface area contributed by atoms with Gasteiger partial charge in [-0.05, 0) is 55.9 Å². The highest BCUT2D eigenvalue weighted by Gasteiger charge is 2.55. The van der Waals surface area contributed by atoms with Gasteiger partial charge in [-0.2, -0.15) is 0 Å². The van der Waals surface area contributed by atoms with Gasteiger partial charge < -0.3 is 16.0 Å². The molecule has 2 fully saturated rings. The molecule has 1 aliphatic carbocycles. The zero-order valence-corrected chi connectivity index (χ0v) is 19.5. The molecule has 9 heteroatoms. The number of carbonyl (C=O) groups is 2. The van der Waals surface area contributed by atoms with Crippen LogP contribution in [0.2, 0.25) is 0 Å². The highest BCUT2D eigenvalue weighted by molar-refractivity contribution is 6.04. The molecular formula is C27H23N7O2. The van der Waals surface area contributed by atoms with Crippen LogP contribution in [0.4, 0.5) is 11.6 Å². The highest BCUT2D eigenvalue weighted by Crippen LogP contribution is 2.53. The first-order valence-corrected chi connectivity index (χ1v) is 11.8. The summed E-state index contributed by atoms with van der Waals surface area (Å²) in [4.78, 5) is 40.7. The van der Waals surface area contributed by atoms with Crippen LogP contribution < -0.4 is 11.1 Å². The van der Waals surface area contributed by atoms with Gasteiger partial charge in [0.2, 0.25) is 0 Å². The molecule has 178 valence electrons. The second-order valence-corrected chi connectivity index (χ2v) is 9.00. The number of piperidine rings is 1. The largest absolute Gasteiger partial charge is 0.382 e. The molecule has 2 aliphatic rings. The number of hydrogen-bond acceptors (Lipinski definition) is 6. The van der Waals surface area contributed by atoms with E-state index in [9.17, 15) is 9.59 Å². The topological polar surface area (TPSA) is 119 Å². The number of carbonyl (C=O) groups excluding carboxylic acids is 2. The summed E-state index contributed by atoms with van der Waals surface area (Å²) in [6, 6.07) is 12.5. The molecule has 1 aliphatic heterocycles. The number of imidazole rings is 1. The highest BCUT2D eigenvalue weighted by atomic mass is 16.2. The summed E-state index contributed by atoms with van der Waals surface area (Å²) < 4.78 is 1.93. The molecule has 0 radical (unpaired) electrons. The predicted molar refractivity (Wildman–Crippen MR) is 135 cm³/mol. The second-order valence-electron chi connectivity index (χ2n) is 9.00. The fourth-order valence-corrected chi connectivity index (χ4v) is 5.08. The molecule has 0 bridgehead atoms. The van der Waals surface area contributed by atoms with Crippen molar-refractivity contribution in [3.63, 3.8) is 0 Å². The van der Waals surface area contributed by atoms with Crippen molar-refractivity contribution in [2.75, 3.05) is 11.1 Å². The summed E-state index contributed by atoms with van der Waals surface area (Å²) in [5, 5.41) is 2.78. The molecule has 2 unspecified atom stereocenters. The number of rotatable bonds is 4. The minimum atomic E-state index is -0.256. The average Bonchev–Trinajstić information content (AvgIpc) is 3.37. The number of fused-ring (bicyclic) bond motifs is 2. The number of hydrogen-bond donors (Lipinski definition) is 2. The smallest absolute Gasteiger partial charge is 0.299 e. The Balaban J connectivity index is 1.36. The number of nitrogens with zero attached hydrogens (tertiary/aromatic N) is 5. The molecule has 4 aromatic rings. The quantitative estimate of drug-likeness (QED) is 0.436. The van der Waals surface area contributed by atoms with E-state index in [4.69, 9.17) is 10.7 Å². The van der Waals surface area contributed by atoms with Crippen molar-refractivity contribution in [2.45, 2.75) is 31.8 Å². The lowest BCUT2D eigenvalue weighted by atomic mass is 10.1. The number of nitrogens with one attached hydrogen (secondary N) is 1. The van der Waals surface area contributed by atoms with E-state index in [1.165, 1.54) is 0 Å². The first kappa shape index (κ1) is 21.8. The third-order valence-electron chi connectivity index (χ3n) is 6.81. The van der Waals surface area contributed by atoms with Crippen LogP contribution in [0, 0.1) is 17.8 Å². The van der Waals surface area contributed by atoms with E-state index in [1.807, 2.05) is 33.7 Å². The van der Waals surface area contributed by atoms with E-state index in [0.29, 0.717) is 34.3 Å². The monoisotopic (exact) mass is 477 g/mol. The van der Waals surface area contributed by atoms with E-state index in [1.54, 1.807) is 43.6 Å². The number of nitrogens with two attached hydrogens (primary N) is 1. The molecule has 0 spiro atoms. The Kier molecular flexibility index (Phi) is 5.15. The zero-order valence-electron chi connectivity index (χ0n) is 19.5. The molecule has 4 heterocycles. The summed E-state index contributed by atoms with van der Waals surface area (Å²) in [6.07, 6.45) is 6.93. The van der Waals surface area contributed by atoms with Gasteiger partial charge in [0.25, 0.3) is 11.8 Å². The van der Waals surface area contributed by atoms with Crippen molar-refractivity contribution in [1.82, 2.24) is 24.3 Å². The Labute approximate surface area is 207 Å². The Hall–Kier alpha value is -4.71. The molecule has 1 aromatic carbocycles.